The molecule has 0 saturated carbocycles. The molecule has 3 nitrogen and oxygen atoms in total. The fraction of sp³-hybridized carbons (Fsp3) is 0.500. The number of hydrogen-bond donors (Lipinski definition) is 3. The summed E-state index contributed by atoms with van der Waals surface area (Å²) in [6.07, 6.45) is -3.76. The van der Waals surface area contributed by atoms with Crippen molar-refractivity contribution in [1.82, 2.24) is 5.43 Å². The Morgan fingerprint density at radius 1 is 1.28 bits per heavy atom. The fourth-order valence-electron chi connectivity index (χ4n) is 1.81. The quantitative estimate of drug-likeness (QED) is 0.443. The van der Waals surface area contributed by atoms with Crippen LogP contribution in [0.1, 0.15) is 37.4 Å². The first-order valence-corrected chi connectivity index (χ1v) is 5.68. The minimum Gasteiger partial charge on any atom is -0.398 e. The maximum Gasteiger partial charge on any atom is 0.416 e. The van der Waals surface area contributed by atoms with Gasteiger partial charge in [-0.05, 0) is 36.1 Å². The van der Waals surface area contributed by atoms with Gasteiger partial charge < -0.3 is 5.73 Å². The lowest BCUT2D eigenvalue weighted by Crippen LogP contribution is -2.30. The third-order valence-corrected chi connectivity index (χ3v) is 2.70. The SMILES string of the molecule is CC(C)CC(NN)c1cc(C(F)(F)F)ccc1N. The number of nitrogens with two attached hydrogens (primary N) is 2. The van der Waals surface area contributed by atoms with E-state index in [9.17, 15) is 13.2 Å². The van der Waals surface area contributed by atoms with Crippen molar-refractivity contribution in [3.63, 3.8) is 0 Å². The minimum absolute atomic E-state index is 0.292. The van der Waals surface area contributed by atoms with Crippen molar-refractivity contribution in [2.45, 2.75) is 32.5 Å². The topological polar surface area (TPSA) is 64.1 Å². The Bertz CT molecular complexity index is 402. The molecule has 1 aromatic carbocycles. The average Bonchev–Trinajstić information content (AvgIpc) is 2.25. The molecule has 0 heterocycles. The van der Waals surface area contributed by atoms with Gasteiger partial charge >= 0.3 is 6.18 Å². The number of halogens is 3. The molecule has 0 radical (unpaired) electrons. The molecule has 102 valence electrons. The Labute approximate surface area is 104 Å². The number of alkyl halides is 3. The molecule has 0 aliphatic heterocycles. The molecule has 0 aromatic heterocycles. The van der Waals surface area contributed by atoms with Gasteiger partial charge in [0.05, 0.1) is 5.56 Å². The smallest absolute Gasteiger partial charge is 0.398 e. The van der Waals surface area contributed by atoms with E-state index in [0.29, 0.717) is 23.6 Å². The van der Waals surface area contributed by atoms with Gasteiger partial charge in [0.2, 0.25) is 0 Å². The molecule has 5 N–H and O–H groups in total. The van der Waals surface area contributed by atoms with Crippen LogP contribution in [0.15, 0.2) is 18.2 Å². The normalized spacial score (nSPS) is 13.9. The predicted octanol–water partition coefficient (Wildman–Crippen LogP) is 2.84. The first-order valence-electron chi connectivity index (χ1n) is 5.68. The zero-order valence-corrected chi connectivity index (χ0v) is 10.4. The summed E-state index contributed by atoms with van der Waals surface area (Å²) in [5, 5.41) is 0. The maximum absolute atomic E-state index is 12.6. The van der Waals surface area contributed by atoms with Crippen molar-refractivity contribution in [1.29, 1.82) is 0 Å². The number of rotatable bonds is 4. The van der Waals surface area contributed by atoms with E-state index in [1.54, 1.807) is 0 Å². The zero-order valence-electron chi connectivity index (χ0n) is 10.4. The second-order valence-electron chi connectivity index (χ2n) is 4.69. The van der Waals surface area contributed by atoms with Crippen LogP contribution >= 0.6 is 0 Å². The van der Waals surface area contributed by atoms with E-state index in [1.165, 1.54) is 6.07 Å². The number of nitrogen functional groups attached to an aromatic ring is 1. The lowest BCUT2D eigenvalue weighted by Gasteiger charge is -2.21. The fourth-order valence-corrected chi connectivity index (χ4v) is 1.81. The summed E-state index contributed by atoms with van der Waals surface area (Å²) in [4.78, 5) is 0. The highest BCUT2D eigenvalue weighted by Gasteiger charge is 2.31. The third-order valence-electron chi connectivity index (χ3n) is 2.70. The molecule has 0 aliphatic rings. The monoisotopic (exact) mass is 261 g/mol. The lowest BCUT2D eigenvalue weighted by molar-refractivity contribution is -0.137. The van der Waals surface area contributed by atoms with E-state index in [2.05, 4.69) is 5.43 Å². The molecule has 1 unspecified atom stereocenters. The Morgan fingerprint density at radius 2 is 1.89 bits per heavy atom. The molecule has 0 spiro atoms. The third kappa shape index (κ3) is 3.61. The standard InChI is InChI=1S/C12H18F3N3/c1-7(2)5-11(18-17)9-6-8(12(13,14)15)3-4-10(9)16/h3-4,6-7,11,18H,5,16-17H2,1-2H3. The number of hydrogen-bond acceptors (Lipinski definition) is 3. The lowest BCUT2D eigenvalue weighted by atomic mass is 9.95. The summed E-state index contributed by atoms with van der Waals surface area (Å²) in [5.41, 5.74) is 8.23. The van der Waals surface area contributed by atoms with Gasteiger partial charge in [-0.2, -0.15) is 13.2 Å². The second kappa shape index (κ2) is 5.58. The molecule has 0 bridgehead atoms. The van der Waals surface area contributed by atoms with Gasteiger partial charge in [-0.3, -0.25) is 11.3 Å². The number of benzene rings is 1. The summed E-state index contributed by atoms with van der Waals surface area (Å²) >= 11 is 0. The number of anilines is 1. The van der Waals surface area contributed by atoms with Crippen molar-refractivity contribution >= 4 is 5.69 Å². The van der Waals surface area contributed by atoms with E-state index >= 15 is 0 Å². The Balaban J connectivity index is 3.13. The van der Waals surface area contributed by atoms with Gasteiger partial charge in [0, 0.05) is 11.7 Å². The zero-order chi connectivity index (χ0) is 13.9. The average molecular weight is 261 g/mol. The second-order valence-corrected chi connectivity index (χ2v) is 4.69. The van der Waals surface area contributed by atoms with Crippen LogP contribution in [0.25, 0.3) is 0 Å². The molecular formula is C12H18F3N3. The molecule has 0 saturated heterocycles. The molecule has 6 heteroatoms. The summed E-state index contributed by atoms with van der Waals surface area (Å²) in [6, 6.07) is 2.92. The summed E-state index contributed by atoms with van der Waals surface area (Å²) in [6.45, 7) is 3.93. The van der Waals surface area contributed by atoms with Crippen LogP contribution < -0.4 is 17.0 Å². The van der Waals surface area contributed by atoms with Gasteiger partial charge in [-0.25, -0.2) is 0 Å². The van der Waals surface area contributed by atoms with Crippen LogP contribution in [0.5, 0.6) is 0 Å². The van der Waals surface area contributed by atoms with E-state index in [1.807, 2.05) is 13.8 Å². The molecular weight excluding hydrogens is 243 g/mol. The van der Waals surface area contributed by atoms with E-state index in [-0.39, 0.29) is 6.04 Å². The minimum atomic E-state index is -4.38. The van der Waals surface area contributed by atoms with Crippen LogP contribution in [0.2, 0.25) is 0 Å². The van der Waals surface area contributed by atoms with E-state index in [0.717, 1.165) is 12.1 Å². The van der Waals surface area contributed by atoms with E-state index < -0.39 is 11.7 Å². The maximum atomic E-state index is 12.6. The highest BCUT2D eigenvalue weighted by atomic mass is 19.4. The Morgan fingerprint density at radius 3 is 2.33 bits per heavy atom. The van der Waals surface area contributed by atoms with Crippen LogP contribution in [0, 0.1) is 5.92 Å². The van der Waals surface area contributed by atoms with Crippen molar-refractivity contribution < 1.29 is 13.2 Å². The first-order chi connectivity index (χ1) is 8.25. The van der Waals surface area contributed by atoms with Crippen LogP contribution in [-0.4, -0.2) is 0 Å². The van der Waals surface area contributed by atoms with Crippen molar-refractivity contribution in [3.8, 4) is 0 Å². The number of hydrazine groups is 1. The van der Waals surface area contributed by atoms with Crippen LogP contribution in [0.3, 0.4) is 0 Å². The molecule has 18 heavy (non-hydrogen) atoms. The Kier molecular flexibility index (Phi) is 4.59. The summed E-state index contributed by atoms with van der Waals surface area (Å²) in [5.74, 6) is 5.69. The Hall–Kier alpha value is -1.27. The largest absolute Gasteiger partial charge is 0.416 e. The highest BCUT2D eigenvalue weighted by Crippen LogP contribution is 2.34. The van der Waals surface area contributed by atoms with Crippen molar-refractivity contribution in [2.75, 3.05) is 5.73 Å². The van der Waals surface area contributed by atoms with Crippen molar-refractivity contribution in [2.24, 2.45) is 11.8 Å². The van der Waals surface area contributed by atoms with Gasteiger partial charge in [-0.15, -0.1) is 0 Å². The summed E-state index contributed by atoms with van der Waals surface area (Å²) < 4.78 is 37.9. The highest BCUT2D eigenvalue weighted by molar-refractivity contribution is 5.50. The molecule has 0 amide bonds. The molecule has 0 fully saturated rings. The van der Waals surface area contributed by atoms with Crippen LogP contribution in [0.4, 0.5) is 18.9 Å². The van der Waals surface area contributed by atoms with E-state index in [4.69, 9.17) is 11.6 Å². The van der Waals surface area contributed by atoms with Gasteiger partial charge in [0.1, 0.15) is 0 Å². The van der Waals surface area contributed by atoms with Crippen LogP contribution in [-0.2, 0) is 6.18 Å². The van der Waals surface area contributed by atoms with Gasteiger partial charge in [0.15, 0.2) is 0 Å². The van der Waals surface area contributed by atoms with Gasteiger partial charge in [0.25, 0.3) is 0 Å². The molecule has 1 rings (SSSR count). The first kappa shape index (κ1) is 14.8. The van der Waals surface area contributed by atoms with Gasteiger partial charge in [-0.1, -0.05) is 13.8 Å². The molecule has 1 aromatic rings. The predicted molar refractivity (Wildman–Crippen MR) is 65.4 cm³/mol. The summed E-state index contributed by atoms with van der Waals surface area (Å²) in [7, 11) is 0. The number of nitrogens with one attached hydrogen (secondary N) is 1. The molecule has 1 atom stereocenters. The van der Waals surface area contributed by atoms with Crippen molar-refractivity contribution in [3.05, 3.63) is 29.3 Å². The molecule has 0 aliphatic carbocycles.